The second-order valence-electron chi connectivity index (χ2n) is 3.61. The van der Waals surface area contributed by atoms with Crippen molar-refractivity contribution in [2.45, 2.75) is 6.92 Å². The van der Waals surface area contributed by atoms with Gasteiger partial charge in [-0.05, 0) is 6.92 Å². The lowest BCUT2D eigenvalue weighted by Gasteiger charge is -2.22. The first kappa shape index (κ1) is 15.7. The van der Waals surface area contributed by atoms with Crippen molar-refractivity contribution >= 4 is 28.8 Å². The minimum absolute atomic E-state index is 0.264. The molecule has 0 aliphatic rings. The largest absolute Gasteiger partial charge is 0.530 e. The number of non-ortho nitro benzene ring substituents is 1. The van der Waals surface area contributed by atoms with Crippen molar-refractivity contribution in [1.29, 1.82) is 0 Å². The first-order valence-electron chi connectivity index (χ1n) is 5.30. The van der Waals surface area contributed by atoms with Crippen LogP contribution in [-0.4, -0.2) is 27.4 Å². The fourth-order valence-electron chi connectivity index (χ4n) is 1.63. The number of nitro groups is 3. The Kier molecular flexibility index (Phi) is 4.32. The van der Waals surface area contributed by atoms with Crippen LogP contribution in [0.4, 0.5) is 27.5 Å². The van der Waals surface area contributed by atoms with Gasteiger partial charge in [0.1, 0.15) is 6.09 Å². The monoisotopic (exact) mass is 299 g/mol. The number of amides is 1. The molecule has 0 aliphatic heterocycles. The first-order valence-corrected chi connectivity index (χ1v) is 5.30. The van der Waals surface area contributed by atoms with Crippen LogP contribution in [0, 0.1) is 30.3 Å². The minimum Gasteiger partial charge on any atom is -0.530 e. The highest BCUT2D eigenvalue weighted by Gasteiger charge is 2.34. The number of carboxylic acid groups (broad SMARTS) is 1. The molecule has 1 aromatic rings. The highest BCUT2D eigenvalue weighted by molar-refractivity contribution is 5.93. The maximum atomic E-state index is 10.9. The lowest BCUT2D eigenvalue weighted by atomic mass is 10.2. The smallest absolute Gasteiger partial charge is 0.306 e. The van der Waals surface area contributed by atoms with Crippen LogP contribution < -0.4 is 10.0 Å². The minimum atomic E-state index is -1.91. The third kappa shape index (κ3) is 2.99. The second kappa shape index (κ2) is 5.77. The summed E-state index contributed by atoms with van der Waals surface area (Å²) in [7, 11) is 0. The van der Waals surface area contributed by atoms with Crippen LogP contribution in [0.25, 0.3) is 0 Å². The molecule has 21 heavy (non-hydrogen) atoms. The van der Waals surface area contributed by atoms with Crippen LogP contribution in [0.15, 0.2) is 12.1 Å². The average Bonchev–Trinajstić information content (AvgIpc) is 2.38. The Bertz CT molecular complexity index is 608. The van der Waals surface area contributed by atoms with Crippen LogP contribution in [0.3, 0.4) is 0 Å². The number of hydrogen-bond donors (Lipinski definition) is 0. The molecule has 0 aromatic heterocycles. The predicted octanol–water partition coefficient (Wildman–Crippen LogP) is 0.581. The zero-order chi connectivity index (χ0) is 16.3. The Morgan fingerprint density at radius 1 is 1.05 bits per heavy atom. The molecule has 0 saturated carbocycles. The van der Waals surface area contributed by atoms with E-state index in [1.807, 2.05) is 0 Å². The molecule has 1 rings (SSSR count). The van der Waals surface area contributed by atoms with Crippen molar-refractivity contribution in [3.63, 3.8) is 0 Å². The zero-order valence-corrected chi connectivity index (χ0v) is 10.4. The van der Waals surface area contributed by atoms with E-state index >= 15 is 0 Å². The van der Waals surface area contributed by atoms with Crippen LogP contribution in [0.2, 0.25) is 0 Å². The van der Waals surface area contributed by atoms with Gasteiger partial charge in [-0.3, -0.25) is 30.3 Å². The van der Waals surface area contributed by atoms with E-state index in [0.29, 0.717) is 12.1 Å². The quantitative estimate of drug-likeness (QED) is 0.560. The fourth-order valence-corrected chi connectivity index (χ4v) is 1.63. The van der Waals surface area contributed by atoms with E-state index in [2.05, 4.69) is 0 Å². The highest BCUT2D eigenvalue weighted by Crippen LogP contribution is 2.40. The number of carbonyl (C=O) groups excluding carboxylic acids is 1. The van der Waals surface area contributed by atoms with Crippen molar-refractivity contribution in [3.8, 4) is 0 Å². The molecule has 12 nitrogen and oxygen atoms in total. The molecule has 0 heterocycles. The number of hydrogen-bond acceptors (Lipinski definition) is 8. The van der Waals surface area contributed by atoms with Crippen molar-refractivity contribution in [2.24, 2.45) is 0 Å². The summed E-state index contributed by atoms with van der Waals surface area (Å²) in [5, 5.41) is 43.5. The molecule has 0 spiro atoms. The van der Waals surface area contributed by atoms with Crippen LogP contribution in [-0.2, 0) is 0 Å². The van der Waals surface area contributed by atoms with E-state index in [0.717, 1.165) is 0 Å². The van der Waals surface area contributed by atoms with Crippen molar-refractivity contribution in [3.05, 3.63) is 42.5 Å². The summed E-state index contributed by atoms with van der Waals surface area (Å²) in [4.78, 5) is 40.4. The molecular formula is C9H7N4O8-. The first-order chi connectivity index (χ1) is 9.70. The van der Waals surface area contributed by atoms with Gasteiger partial charge in [-0.25, -0.2) is 0 Å². The number of anilines is 1. The summed E-state index contributed by atoms with van der Waals surface area (Å²) in [6.07, 6.45) is -1.91. The van der Waals surface area contributed by atoms with Gasteiger partial charge >= 0.3 is 11.4 Å². The summed E-state index contributed by atoms with van der Waals surface area (Å²) in [6, 6.07) is 0.905. The number of nitro benzene ring substituents is 3. The molecule has 112 valence electrons. The molecule has 0 N–H and O–H groups in total. The molecule has 0 bridgehead atoms. The lowest BCUT2D eigenvalue weighted by molar-refractivity contribution is -0.402. The Balaban J connectivity index is 3.81. The summed E-state index contributed by atoms with van der Waals surface area (Å²) in [6.45, 7) is 0.895. The van der Waals surface area contributed by atoms with Gasteiger partial charge in [0.2, 0.25) is 5.69 Å². The maximum Gasteiger partial charge on any atom is 0.306 e. The van der Waals surface area contributed by atoms with E-state index in [9.17, 15) is 40.2 Å². The van der Waals surface area contributed by atoms with Gasteiger partial charge in [-0.15, -0.1) is 0 Å². The van der Waals surface area contributed by atoms with E-state index in [4.69, 9.17) is 0 Å². The SMILES string of the molecule is CCN(C(=O)[O-])c1c([N+](=O)[O-])cc([N+](=O)[O-])cc1[N+](=O)[O-]. The van der Waals surface area contributed by atoms with Crippen LogP contribution >= 0.6 is 0 Å². The van der Waals surface area contributed by atoms with Crippen LogP contribution in [0.5, 0.6) is 0 Å². The van der Waals surface area contributed by atoms with Gasteiger partial charge in [-0.1, -0.05) is 0 Å². The molecule has 1 amide bonds. The summed E-state index contributed by atoms with van der Waals surface area (Å²) in [5.74, 6) is 0. The van der Waals surface area contributed by atoms with Crippen molar-refractivity contribution in [1.82, 2.24) is 0 Å². The standard InChI is InChI=1S/C9H8N4O8/c1-2-10(9(14)15)8-6(12(18)19)3-5(11(16)17)4-7(8)13(20)21/h3-4H,2H2,1H3,(H,14,15)/p-1. The summed E-state index contributed by atoms with van der Waals surface area (Å²) in [5.41, 5.74) is -3.91. The number of nitrogens with zero attached hydrogens (tertiary/aromatic N) is 4. The summed E-state index contributed by atoms with van der Waals surface area (Å²) >= 11 is 0. The summed E-state index contributed by atoms with van der Waals surface area (Å²) < 4.78 is 0. The molecule has 0 unspecified atom stereocenters. The van der Waals surface area contributed by atoms with Gasteiger partial charge < -0.3 is 14.8 Å². The Morgan fingerprint density at radius 3 is 1.71 bits per heavy atom. The molecular weight excluding hydrogens is 292 g/mol. The predicted molar refractivity (Wildman–Crippen MR) is 64.8 cm³/mol. The van der Waals surface area contributed by atoms with E-state index in [-0.39, 0.29) is 11.4 Å². The second-order valence-corrected chi connectivity index (χ2v) is 3.61. The molecule has 0 atom stereocenters. The topological polar surface area (TPSA) is 173 Å². The number of rotatable bonds is 5. The van der Waals surface area contributed by atoms with Gasteiger partial charge in [0.05, 0.1) is 26.9 Å². The van der Waals surface area contributed by atoms with E-state index in [1.54, 1.807) is 0 Å². The molecule has 0 fully saturated rings. The molecule has 0 aliphatic carbocycles. The van der Waals surface area contributed by atoms with Gasteiger partial charge in [0.25, 0.3) is 5.69 Å². The lowest BCUT2D eigenvalue weighted by Crippen LogP contribution is -2.41. The molecule has 0 radical (unpaired) electrons. The Hall–Kier alpha value is -3.31. The molecule has 1 aromatic carbocycles. The average molecular weight is 299 g/mol. The highest BCUT2D eigenvalue weighted by atomic mass is 16.6. The molecule has 0 saturated heterocycles. The van der Waals surface area contributed by atoms with Gasteiger partial charge in [-0.2, -0.15) is 0 Å². The van der Waals surface area contributed by atoms with Crippen molar-refractivity contribution < 1.29 is 24.7 Å². The Labute approximate surface area is 115 Å². The maximum absolute atomic E-state index is 10.9. The normalized spacial score (nSPS) is 9.95. The zero-order valence-electron chi connectivity index (χ0n) is 10.4. The van der Waals surface area contributed by atoms with Gasteiger partial charge in [0, 0.05) is 6.54 Å². The van der Waals surface area contributed by atoms with E-state index in [1.165, 1.54) is 6.92 Å². The van der Waals surface area contributed by atoms with E-state index < -0.39 is 43.6 Å². The Morgan fingerprint density at radius 2 is 1.48 bits per heavy atom. The molecule has 12 heteroatoms. The number of benzene rings is 1. The van der Waals surface area contributed by atoms with Crippen LogP contribution in [0.1, 0.15) is 6.92 Å². The fraction of sp³-hybridized carbons (Fsp3) is 0.222. The number of carbonyl (C=O) groups is 1. The third-order valence-electron chi connectivity index (χ3n) is 2.47. The third-order valence-corrected chi connectivity index (χ3v) is 2.47. The van der Waals surface area contributed by atoms with Crippen molar-refractivity contribution in [2.75, 3.05) is 11.4 Å². The van der Waals surface area contributed by atoms with Gasteiger partial charge in [0.15, 0.2) is 0 Å².